The third-order valence-corrected chi connectivity index (χ3v) is 14.2. The summed E-state index contributed by atoms with van der Waals surface area (Å²) in [4.78, 5) is 36.4. The Morgan fingerprint density at radius 2 is 1.50 bits per heavy atom. The highest BCUT2D eigenvalue weighted by Gasteiger charge is 2.72. The molecule has 5 saturated carbocycles. The number of carboxylic acid groups (broad SMARTS) is 2. The van der Waals surface area contributed by atoms with Crippen LogP contribution in [0.15, 0.2) is 12.2 Å². The van der Waals surface area contributed by atoms with Crippen LogP contribution in [0.4, 0.5) is 0 Å². The number of carbonyl (C=O) groups excluding carboxylic acids is 1. The van der Waals surface area contributed by atoms with Crippen molar-refractivity contribution in [2.45, 2.75) is 125 Å². The number of fused-ring (bicyclic) bond motifs is 7. The fourth-order valence-electron chi connectivity index (χ4n) is 12.1. The minimum Gasteiger partial charge on any atom is -0.481 e. The molecule has 0 saturated heterocycles. The van der Waals surface area contributed by atoms with Gasteiger partial charge in [-0.25, -0.2) is 0 Å². The summed E-state index contributed by atoms with van der Waals surface area (Å²) in [6.07, 6.45) is 9.33. The third kappa shape index (κ3) is 3.96. The summed E-state index contributed by atoms with van der Waals surface area (Å²) in [6.45, 7) is 18.6. The van der Waals surface area contributed by atoms with Crippen LogP contribution in [-0.2, 0) is 19.1 Å². The summed E-state index contributed by atoms with van der Waals surface area (Å²) >= 11 is 0. The van der Waals surface area contributed by atoms with E-state index < -0.39 is 23.3 Å². The Labute approximate surface area is 240 Å². The predicted molar refractivity (Wildman–Crippen MR) is 153 cm³/mol. The van der Waals surface area contributed by atoms with E-state index in [-0.39, 0.29) is 46.5 Å². The zero-order valence-corrected chi connectivity index (χ0v) is 25.7. The number of allylic oxidation sites excluding steroid dienone is 1. The summed E-state index contributed by atoms with van der Waals surface area (Å²) in [7, 11) is 0. The molecule has 0 aromatic heterocycles. The molecule has 0 aromatic rings. The molecule has 224 valence electrons. The van der Waals surface area contributed by atoms with Crippen molar-refractivity contribution in [2.75, 3.05) is 0 Å². The molecule has 0 bridgehead atoms. The lowest BCUT2D eigenvalue weighted by molar-refractivity contribution is -0.250. The standard InChI is InChI=1S/C34H52O6/c1-20(2)21-12-17-34(29(38)39)19-18-32(6)22(28(21)34)8-9-24-31(5)15-14-25(40-27(37)11-10-26(35)36)30(3,4)23(31)13-16-33(24,32)7/h21-25,28H,1,8-19H2,2-7H3,(H,35,36)(H,38,39)/t21?,22-,23?,24?,25+,28?,31+,32-,33-,34+/m1/s1. The van der Waals surface area contributed by atoms with Gasteiger partial charge < -0.3 is 14.9 Å². The Balaban J connectivity index is 1.43. The lowest BCUT2D eigenvalue weighted by atomic mass is 9.32. The molecule has 4 unspecified atom stereocenters. The molecule has 5 rings (SSSR count). The molecule has 0 amide bonds. The van der Waals surface area contributed by atoms with Gasteiger partial charge in [0.05, 0.1) is 18.3 Å². The van der Waals surface area contributed by atoms with Crippen LogP contribution in [0.1, 0.15) is 119 Å². The van der Waals surface area contributed by atoms with Crippen LogP contribution in [0.25, 0.3) is 0 Å². The Hall–Kier alpha value is -1.85. The van der Waals surface area contributed by atoms with Crippen LogP contribution in [0, 0.1) is 56.7 Å². The number of carbonyl (C=O) groups is 3. The van der Waals surface area contributed by atoms with Gasteiger partial charge in [-0.1, -0.05) is 46.8 Å². The van der Waals surface area contributed by atoms with E-state index in [1.807, 2.05) is 0 Å². The molecule has 6 heteroatoms. The maximum Gasteiger partial charge on any atom is 0.309 e. The Morgan fingerprint density at radius 1 is 0.800 bits per heavy atom. The van der Waals surface area contributed by atoms with E-state index in [2.05, 4.69) is 48.1 Å². The van der Waals surface area contributed by atoms with E-state index in [0.29, 0.717) is 23.7 Å². The maximum atomic E-state index is 12.9. The molecule has 5 aliphatic carbocycles. The molecule has 10 atom stereocenters. The van der Waals surface area contributed by atoms with Gasteiger partial charge in [-0.15, -0.1) is 0 Å². The van der Waals surface area contributed by atoms with Crippen LogP contribution in [0.5, 0.6) is 0 Å². The van der Waals surface area contributed by atoms with Crippen molar-refractivity contribution < 1.29 is 29.3 Å². The molecular formula is C34H52O6. The van der Waals surface area contributed by atoms with Crippen molar-refractivity contribution in [3.05, 3.63) is 12.2 Å². The summed E-state index contributed by atoms with van der Waals surface area (Å²) in [5, 5.41) is 19.6. The van der Waals surface area contributed by atoms with Crippen molar-refractivity contribution >= 4 is 17.9 Å². The van der Waals surface area contributed by atoms with Gasteiger partial charge in [-0.05, 0) is 117 Å². The van der Waals surface area contributed by atoms with Gasteiger partial charge in [0, 0.05) is 5.41 Å². The van der Waals surface area contributed by atoms with Gasteiger partial charge >= 0.3 is 17.9 Å². The number of rotatable bonds is 6. The van der Waals surface area contributed by atoms with E-state index in [1.54, 1.807) is 0 Å². The Morgan fingerprint density at radius 3 is 2.12 bits per heavy atom. The molecule has 5 aliphatic rings. The summed E-state index contributed by atoms with van der Waals surface area (Å²) in [5.74, 6) is -0.0961. The quantitative estimate of drug-likeness (QED) is 0.259. The van der Waals surface area contributed by atoms with Crippen LogP contribution in [-0.4, -0.2) is 34.2 Å². The first-order valence-electron chi connectivity index (χ1n) is 15.8. The van der Waals surface area contributed by atoms with Crippen LogP contribution < -0.4 is 0 Å². The molecular weight excluding hydrogens is 504 g/mol. The molecule has 2 N–H and O–H groups in total. The average molecular weight is 557 g/mol. The molecule has 5 fully saturated rings. The molecule has 0 aliphatic heterocycles. The first-order chi connectivity index (χ1) is 18.5. The first-order valence-corrected chi connectivity index (χ1v) is 15.8. The predicted octanol–water partition coefficient (Wildman–Crippen LogP) is 7.51. The fraction of sp³-hybridized carbons (Fsp3) is 0.853. The fourth-order valence-corrected chi connectivity index (χ4v) is 12.1. The third-order valence-electron chi connectivity index (χ3n) is 14.2. The van der Waals surface area contributed by atoms with E-state index in [0.717, 1.165) is 64.2 Å². The van der Waals surface area contributed by atoms with Crippen molar-refractivity contribution in [1.82, 2.24) is 0 Å². The van der Waals surface area contributed by atoms with Gasteiger partial charge in [0.1, 0.15) is 6.10 Å². The summed E-state index contributed by atoms with van der Waals surface area (Å²) in [6, 6.07) is 0. The van der Waals surface area contributed by atoms with E-state index in [4.69, 9.17) is 9.84 Å². The van der Waals surface area contributed by atoms with E-state index >= 15 is 0 Å². The normalized spacial score (nSPS) is 47.1. The molecule has 0 spiro atoms. The van der Waals surface area contributed by atoms with Crippen LogP contribution in [0.3, 0.4) is 0 Å². The minimum absolute atomic E-state index is 0.0749. The monoisotopic (exact) mass is 556 g/mol. The molecule has 6 nitrogen and oxygen atoms in total. The Bertz CT molecular complexity index is 1090. The molecule has 0 heterocycles. The van der Waals surface area contributed by atoms with Gasteiger partial charge in [0.15, 0.2) is 0 Å². The number of hydrogen-bond donors (Lipinski definition) is 2. The topological polar surface area (TPSA) is 101 Å². The maximum absolute atomic E-state index is 12.9. The molecule has 0 aromatic carbocycles. The van der Waals surface area contributed by atoms with Crippen molar-refractivity contribution in [2.24, 2.45) is 56.7 Å². The van der Waals surface area contributed by atoms with E-state index in [1.165, 1.54) is 5.57 Å². The van der Waals surface area contributed by atoms with Crippen molar-refractivity contribution in [1.29, 1.82) is 0 Å². The van der Waals surface area contributed by atoms with Gasteiger partial charge in [-0.2, -0.15) is 0 Å². The highest BCUT2D eigenvalue weighted by molar-refractivity contribution is 5.77. The van der Waals surface area contributed by atoms with Gasteiger partial charge in [-0.3, -0.25) is 14.4 Å². The lowest BCUT2D eigenvalue weighted by Crippen LogP contribution is -2.67. The zero-order valence-electron chi connectivity index (χ0n) is 25.7. The second-order valence-electron chi connectivity index (χ2n) is 15.9. The highest BCUT2D eigenvalue weighted by Crippen LogP contribution is 2.77. The van der Waals surface area contributed by atoms with Crippen LogP contribution in [0.2, 0.25) is 0 Å². The number of aliphatic carboxylic acids is 2. The van der Waals surface area contributed by atoms with Gasteiger partial charge in [0.25, 0.3) is 0 Å². The smallest absolute Gasteiger partial charge is 0.309 e. The number of ether oxygens (including phenoxy) is 1. The SMILES string of the molecule is C=C(C)C1CC[C@]2(C(=O)O)CC[C@]3(C)[C@H](CCC4[C@@]5(C)CC[C@H](OC(=O)CCC(=O)O)C(C)(C)C5CC[C@]43C)C12. The van der Waals surface area contributed by atoms with Crippen LogP contribution >= 0.6 is 0 Å². The average Bonchev–Trinajstić information content (AvgIpc) is 3.26. The first kappa shape index (κ1) is 29.6. The number of carboxylic acids is 2. The van der Waals surface area contributed by atoms with Crippen molar-refractivity contribution in [3.8, 4) is 0 Å². The molecule has 0 radical (unpaired) electrons. The van der Waals surface area contributed by atoms with E-state index in [9.17, 15) is 19.5 Å². The summed E-state index contributed by atoms with van der Waals surface area (Å²) < 4.78 is 5.97. The lowest BCUT2D eigenvalue weighted by Gasteiger charge is -2.72. The molecule has 40 heavy (non-hydrogen) atoms. The second kappa shape index (κ2) is 9.59. The minimum atomic E-state index is -0.974. The van der Waals surface area contributed by atoms with Crippen molar-refractivity contribution in [3.63, 3.8) is 0 Å². The summed E-state index contributed by atoms with van der Waals surface area (Å²) in [5.41, 5.74) is 0.734. The largest absolute Gasteiger partial charge is 0.481 e. The van der Waals surface area contributed by atoms with Gasteiger partial charge in [0.2, 0.25) is 0 Å². The highest BCUT2D eigenvalue weighted by atomic mass is 16.5. The number of esters is 1. The Kier molecular flexibility index (Phi) is 7.11. The number of hydrogen-bond acceptors (Lipinski definition) is 4. The second-order valence-corrected chi connectivity index (χ2v) is 15.9. The zero-order chi connectivity index (χ0) is 29.5.